The van der Waals surface area contributed by atoms with Crippen LogP contribution in [0.3, 0.4) is 0 Å². The van der Waals surface area contributed by atoms with Gasteiger partial charge in [-0.05, 0) is 87.7 Å². The van der Waals surface area contributed by atoms with E-state index in [9.17, 15) is 13.2 Å². The minimum absolute atomic E-state index is 0.436. The Morgan fingerprint density at radius 2 is 1.51 bits per heavy atom. The molecule has 1 atom stereocenters. The van der Waals surface area contributed by atoms with Crippen molar-refractivity contribution in [3.63, 3.8) is 0 Å². The van der Waals surface area contributed by atoms with Crippen LogP contribution < -0.4 is 10.4 Å². The van der Waals surface area contributed by atoms with Crippen LogP contribution >= 0.6 is 11.3 Å². The number of rotatable bonds is 5. The van der Waals surface area contributed by atoms with Crippen molar-refractivity contribution in [3.8, 4) is 10.6 Å². The number of thiazole rings is 1. The van der Waals surface area contributed by atoms with Gasteiger partial charge >= 0.3 is 6.18 Å². The van der Waals surface area contributed by atoms with Gasteiger partial charge in [0.15, 0.2) is 0 Å². The molecule has 5 aromatic rings. The van der Waals surface area contributed by atoms with E-state index in [0.717, 1.165) is 54.8 Å². The van der Waals surface area contributed by atoms with Crippen molar-refractivity contribution in [2.24, 2.45) is 5.92 Å². The lowest BCUT2D eigenvalue weighted by Crippen LogP contribution is -2.28. The molecule has 0 amide bonds. The molecule has 1 unspecified atom stereocenters. The van der Waals surface area contributed by atoms with Crippen LogP contribution in [0.15, 0.2) is 97.2 Å². The van der Waals surface area contributed by atoms with Crippen LogP contribution in [0.5, 0.6) is 0 Å². The minimum atomic E-state index is -4.34. The molecular weight excluding hydrogens is 535 g/mol. The summed E-state index contributed by atoms with van der Waals surface area (Å²) in [7, 11) is 0. The second-order valence-electron chi connectivity index (χ2n) is 11.1. The molecule has 204 valence electrons. The molecule has 5 heteroatoms. The van der Waals surface area contributed by atoms with Gasteiger partial charge in [-0.15, -0.1) is 11.3 Å². The zero-order valence-electron chi connectivity index (χ0n) is 22.4. The molecule has 0 saturated heterocycles. The molecule has 0 saturated carbocycles. The quantitative estimate of drug-likeness (QED) is 0.214. The first-order chi connectivity index (χ1) is 19.9. The molecule has 0 N–H and O–H groups in total. The number of aromatic nitrogens is 1. The number of hydrogen-bond donors (Lipinski definition) is 0. The molecule has 2 aliphatic rings. The van der Waals surface area contributed by atoms with E-state index < -0.39 is 11.7 Å². The molecule has 0 radical (unpaired) electrons. The van der Waals surface area contributed by atoms with Crippen LogP contribution in [0.2, 0.25) is 0 Å². The highest BCUT2D eigenvalue weighted by Crippen LogP contribution is 2.35. The molecule has 41 heavy (non-hydrogen) atoms. The highest BCUT2D eigenvalue weighted by molar-refractivity contribution is 7.15. The number of fused-ring (bicyclic) bond motifs is 4. The molecule has 2 aliphatic carbocycles. The first kappa shape index (κ1) is 26.0. The Balaban J connectivity index is 1.24. The van der Waals surface area contributed by atoms with Crippen molar-refractivity contribution >= 4 is 23.0 Å². The zero-order chi connectivity index (χ0) is 28.0. The number of halogens is 3. The van der Waals surface area contributed by atoms with Gasteiger partial charge in [0.25, 0.3) is 0 Å². The summed E-state index contributed by atoms with van der Waals surface area (Å²) < 4.78 is 39.1. The van der Waals surface area contributed by atoms with Gasteiger partial charge in [0.1, 0.15) is 5.01 Å². The number of hydrogen-bond acceptors (Lipinski definition) is 2. The molecular formula is C36H28F3NS. The van der Waals surface area contributed by atoms with Gasteiger partial charge < -0.3 is 0 Å². The summed E-state index contributed by atoms with van der Waals surface area (Å²) in [5.74, 6) is 0.436. The number of nitrogens with zero attached hydrogens (tertiary/aromatic N) is 1. The second-order valence-corrected chi connectivity index (χ2v) is 12.2. The van der Waals surface area contributed by atoms with Gasteiger partial charge in [-0.25, -0.2) is 4.98 Å². The molecule has 7 rings (SSSR count). The summed E-state index contributed by atoms with van der Waals surface area (Å²) in [5, 5.41) is 6.14. The molecule has 4 aromatic carbocycles. The Morgan fingerprint density at radius 1 is 0.756 bits per heavy atom. The van der Waals surface area contributed by atoms with Crippen molar-refractivity contribution in [2.45, 2.75) is 38.3 Å². The molecule has 0 bridgehead atoms. The lowest BCUT2D eigenvalue weighted by molar-refractivity contribution is -0.137. The Hall–Kier alpha value is -3.96. The van der Waals surface area contributed by atoms with Crippen molar-refractivity contribution in [2.75, 3.05) is 0 Å². The van der Waals surface area contributed by atoms with E-state index in [1.165, 1.54) is 60.1 Å². The van der Waals surface area contributed by atoms with E-state index in [0.29, 0.717) is 5.92 Å². The fourth-order valence-corrected chi connectivity index (χ4v) is 7.50. The smallest absolute Gasteiger partial charge is 0.244 e. The summed E-state index contributed by atoms with van der Waals surface area (Å²) in [6, 6.07) is 29.3. The third kappa shape index (κ3) is 5.15. The van der Waals surface area contributed by atoms with Crippen molar-refractivity contribution in [1.82, 2.24) is 4.98 Å². The zero-order valence-corrected chi connectivity index (χ0v) is 23.2. The molecule has 1 heterocycles. The first-order valence-corrected chi connectivity index (χ1v) is 14.8. The summed E-state index contributed by atoms with van der Waals surface area (Å²) in [6.45, 7) is 0. The minimum Gasteiger partial charge on any atom is -0.244 e. The fraction of sp³-hybridized carbons (Fsp3) is 0.194. The molecule has 0 aliphatic heterocycles. The summed E-state index contributed by atoms with van der Waals surface area (Å²) in [5.41, 5.74) is 5.82. The maximum Gasteiger partial charge on any atom is 0.416 e. The normalized spacial score (nSPS) is 16.0. The van der Waals surface area contributed by atoms with Gasteiger partial charge in [-0.3, -0.25) is 0 Å². The maximum absolute atomic E-state index is 13.0. The predicted molar refractivity (Wildman–Crippen MR) is 160 cm³/mol. The van der Waals surface area contributed by atoms with E-state index in [-0.39, 0.29) is 0 Å². The first-order valence-electron chi connectivity index (χ1n) is 14.0. The second kappa shape index (κ2) is 10.5. The topological polar surface area (TPSA) is 12.9 Å². The third-order valence-electron chi connectivity index (χ3n) is 8.38. The van der Waals surface area contributed by atoms with E-state index >= 15 is 0 Å². The van der Waals surface area contributed by atoms with Crippen LogP contribution in [0.4, 0.5) is 13.2 Å². The van der Waals surface area contributed by atoms with Gasteiger partial charge in [-0.1, -0.05) is 90.5 Å². The number of alkyl halides is 3. The molecule has 1 aromatic heterocycles. The highest BCUT2D eigenvalue weighted by atomic mass is 32.1. The average Bonchev–Trinajstić information content (AvgIpc) is 3.45. The van der Waals surface area contributed by atoms with E-state index in [1.54, 1.807) is 11.3 Å². The van der Waals surface area contributed by atoms with Crippen LogP contribution in [0.1, 0.15) is 33.6 Å². The van der Waals surface area contributed by atoms with Crippen molar-refractivity contribution in [3.05, 3.63) is 145 Å². The highest BCUT2D eigenvalue weighted by Gasteiger charge is 2.30. The largest absolute Gasteiger partial charge is 0.416 e. The van der Waals surface area contributed by atoms with Gasteiger partial charge in [0.05, 0.1) is 5.56 Å². The van der Waals surface area contributed by atoms with E-state index in [4.69, 9.17) is 0 Å². The SMILES string of the molecule is FC(F)(F)c1ccc(-c2ncc(CC3CC(Cc4ccccc4)=c4ccc5c(c4C3)CC=c3ccccc3=5)s2)cc1. The van der Waals surface area contributed by atoms with Crippen LogP contribution in [0.25, 0.3) is 22.2 Å². The lowest BCUT2D eigenvalue weighted by atomic mass is 9.78. The van der Waals surface area contributed by atoms with E-state index in [2.05, 4.69) is 77.8 Å². The van der Waals surface area contributed by atoms with Crippen molar-refractivity contribution in [1.29, 1.82) is 0 Å². The Morgan fingerprint density at radius 3 is 2.32 bits per heavy atom. The standard InChI is InChI=1S/C36H28F3NS/c37-36(38,39)28-13-10-26(11-14-28)35-40-22-29(41-35)20-24-19-27(18-23-6-2-1-3-7-23)31-16-17-32-30-9-5-4-8-25(30)12-15-33(32)34(31)21-24/h1-14,16-17,22,24H,15,18-21H2. The van der Waals surface area contributed by atoms with E-state index in [1.807, 2.05) is 6.20 Å². The van der Waals surface area contributed by atoms with Crippen LogP contribution in [-0.4, -0.2) is 4.98 Å². The lowest BCUT2D eigenvalue weighted by Gasteiger charge is -2.27. The fourth-order valence-electron chi connectivity index (χ4n) is 6.47. The summed E-state index contributed by atoms with van der Waals surface area (Å²) in [4.78, 5) is 5.77. The van der Waals surface area contributed by atoms with Crippen LogP contribution in [0, 0.1) is 16.4 Å². The Labute approximate surface area is 240 Å². The Bertz CT molecular complexity index is 1950. The molecule has 0 spiro atoms. The molecule has 0 fully saturated rings. The monoisotopic (exact) mass is 563 g/mol. The average molecular weight is 564 g/mol. The Kier molecular flexibility index (Phi) is 6.63. The van der Waals surface area contributed by atoms with Gasteiger partial charge in [0.2, 0.25) is 0 Å². The van der Waals surface area contributed by atoms with Gasteiger partial charge in [0, 0.05) is 16.6 Å². The van der Waals surface area contributed by atoms with Gasteiger partial charge in [-0.2, -0.15) is 13.2 Å². The predicted octanol–water partition coefficient (Wildman–Crippen LogP) is 7.65. The van der Waals surface area contributed by atoms with Crippen molar-refractivity contribution < 1.29 is 13.2 Å². The maximum atomic E-state index is 13.0. The number of benzene rings is 4. The van der Waals surface area contributed by atoms with Crippen LogP contribution in [-0.2, 0) is 31.9 Å². The summed E-state index contributed by atoms with van der Waals surface area (Å²) >= 11 is 1.59. The molecule has 1 nitrogen and oxygen atoms in total. The summed E-state index contributed by atoms with van der Waals surface area (Å²) in [6.07, 6.45) is 4.75. The third-order valence-corrected chi connectivity index (χ3v) is 9.45.